The summed E-state index contributed by atoms with van der Waals surface area (Å²) in [6.45, 7) is 7.54. The van der Waals surface area contributed by atoms with E-state index in [0.29, 0.717) is 5.95 Å². The molecule has 1 aromatic carbocycles. The molecule has 0 bridgehead atoms. The zero-order valence-corrected chi connectivity index (χ0v) is 14.2. The summed E-state index contributed by atoms with van der Waals surface area (Å²) >= 11 is 0. The van der Waals surface area contributed by atoms with Crippen LogP contribution in [-0.2, 0) is 6.42 Å². The third kappa shape index (κ3) is 2.98. The standard InChI is InChI=1S/C18H22N6/c1-3-15-13(2)17(22-18(20)21-15)24-10-8-23(9-11-24)16-7-5-4-6-14(16)12-19/h4-7H,3,8-11H2,1-2H3,(H2,20,21,22). The summed E-state index contributed by atoms with van der Waals surface area (Å²) in [6, 6.07) is 10.0. The Morgan fingerprint density at radius 2 is 1.79 bits per heavy atom. The molecule has 1 fully saturated rings. The van der Waals surface area contributed by atoms with Crippen LogP contribution in [0.1, 0.15) is 23.7 Å². The number of aryl methyl sites for hydroxylation is 1. The Morgan fingerprint density at radius 3 is 2.46 bits per heavy atom. The number of rotatable bonds is 3. The van der Waals surface area contributed by atoms with Crippen molar-refractivity contribution in [3.8, 4) is 6.07 Å². The van der Waals surface area contributed by atoms with E-state index in [0.717, 1.165) is 60.9 Å². The van der Waals surface area contributed by atoms with Crippen LogP contribution >= 0.6 is 0 Å². The second kappa shape index (κ2) is 6.75. The quantitative estimate of drug-likeness (QED) is 0.932. The SMILES string of the molecule is CCc1nc(N)nc(N2CCN(c3ccccc3C#N)CC2)c1C. The molecule has 0 radical (unpaired) electrons. The number of nitriles is 1. The Morgan fingerprint density at radius 1 is 1.12 bits per heavy atom. The van der Waals surface area contributed by atoms with Gasteiger partial charge in [-0.1, -0.05) is 19.1 Å². The molecule has 124 valence electrons. The van der Waals surface area contributed by atoms with E-state index in [1.165, 1.54) is 0 Å². The van der Waals surface area contributed by atoms with E-state index in [9.17, 15) is 5.26 Å². The van der Waals surface area contributed by atoms with Crippen LogP contribution in [0.15, 0.2) is 24.3 Å². The molecule has 1 aliphatic heterocycles. The van der Waals surface area contributed by atoms with Crippen LogP contribution in [0.4, 0.5) is 17.5 Å². The molecule has 2 N–H and O–H groups in total. The van der Waals surface area contributed by atoms with Gasteiger partial charge in [-0.25, -0.2) is 4.98 Å². The van der Waals surface area contributed by atoms with Gasteiger partial charge in [0, 0.05) is 31.7 Å². The Labute approximate surface area is 142 Å². The van der Waals surface area contributed by atoms with Gasteiger partial charge in [-0.2, -0.15) is 10.2 Å². The second-order valence-corrected chi connectivity index (χ2v) is 5.93. The van der Waals surface area contributed by atoms with Gasteiger partial charge in [0.15, 0.2) is 0 Å². The number of aromatic nitrogens is 2. The molecule has 1 aliphatic rings. The summed E-state index contributed by atoms with van der Waals surface area (Å²) in [6.07, 6.45) is 0.848. The molecule has 0 spiro atoms. The minimum atomic E-state index is 0.338. The van der Waals surface area contributed by atoms with Gasteiger partial charge >= 0.3 is 0 Å². The Bertz CT molecular complexity index is 772. The minimum Gasteiger partial charge on any atom is -0.368 e. The fraction of sp³-hybridized carbons (Fsp3) is 0.389. The van der Waals surface area contributed by atoms with Gasteiger partial charge in [0.1, 0.15) is 11.9 Å². The van der Waals surface area contributed by atoms with Gasteiger partial charge in [0.05, 0.1) is 16.9 Å². The Kier molecular flexibility index (Phi) is 4.52. The smallest absolute Gasteiger partial charge is 0.222 e. The molecule has 0 amide bonds. The van der Waals surface area contributed by atoms with Crippen LogP contribution < -0.4 is 15.5 Å². The summed E-state index contributed by atoms with van der Waals surface area (Å²) < 4.78 is 0. The highest BCUT2D eigenvalue weighted by Crippen LogP contribution is 2.25. The van der Waals surface area contributed by atoms with Crippen molar-refractivity contribution < 1.29 is 0 Å². The molecule has 6 nitrogen and oxygen atoms in total. The van der Waals surface area contributed by atoms with E-state index in [-0.39, 0.29) is 0 Å². The number of anilines is 3. The fourth-order valence-corrected chi connectivity index (χ4v) is 3.22. The normalized spacial score (nSPS) is 14.5. The highest BCUT2D eigenvalue weighted by Gasteiger charge is 2.22. The number of nitrogens with two attached hydrogens (primary N) is 1. The summed E-state index contributed by atoms with van der Waals surface area (Å²) in [7, 11) is 0. The number of hydrogen-bond acceptors (Lipinski definition) is 6. The monoisotopic (exact) mass is 322 g/mol. The molecule has 24 heavy (non-hydrogen) atoms. The van der Waals surface area contributed by atoms with Crippen molar-refractivity contribution in [2.45, 2.75) is 20.3 Å². The Balaban J connectivity index is 1.79. The lowest BCUT2D eigenvalue weighted by Gasteiger charge is -2.37. The van der Waals surface area contributed by atoms with E-state index >= 15 is 0 Å². The molecule has 2 aromatic rings. The third-order valence-corrected chi connectivity index (χ3v) is 4.52. The number of hydrogen-bond donors (Lipinski definition) is 1. The van der Waals surface area contributed by atoms with E-state index in [1.54, 1.807) is 0 Å². The molecule has 6 heteroatoms. The molecule has 1 saturated heterocycles. The number of piperazine rings is 1. The molecule has 0 atom stereocenters. The summed E-state index contributed by atoms with van der Waals surface area (Å²) in [4.78, 5) is 13.3. The lowest BCUT2D eigenvalue weighted by Crippen LogP contribution is -2.47. The van der Waals surface area contributed by atoms with E-state index in [4.69, 9.17) is 5.73 Å². The van der Waals surface area contributed by atoms with Gasteiger partial charge < -0.3 is 15.5 Å². The molecule has 3 rings (SSSR count). The predicted octanol–water partition coefficient (Wildman–Crippen LogP) is 2.13. The number of para-hydroxylation sites is 1. The first kappa shape index (κ1) is 16.1. The molecule has 0 unspecified atom stereocenters. The van der Waals surface area contributed by atoms with Gasteiger partial charge in [-0.15, -0.1) is 0 Å². The lowest BCUT2D eigenvalue weighted by molar-refractivity contribution is 0.644. The molecule has 0 saturated carbocycles. The van der Waals surface area contributed by atoms with Crippen LogP contribution in [0.5, 0.6) is 0 Å². The first-order valence-corrected chi connectivity index (χ1v) is 8.26. The van der Waals surface area contributed by atoms with Gasteiger partial charge in [0.2, 0.25) is 5.95 Å². The van der Waals surface area contributed by atoms with Gasteiger partial charge in [-0.05, 0) is 25.5 Å². The highest BCUT2D eigenvalue weighted by atomic mass is 15.3. The lowest BCUT2D eigenvalue weighted by atomic mass is 10.1. The maximum absolute atomic E-state index is 9.29. The van der Waals surface area contributed by atoms with Crippen molar-refractivity contribution >= 4 is 17.5 Å². The first-order chi connectivity index (χ1) is 11.6. The van der Waals surface area contributed by atoms with E-state index in [1.807, 2.05) is 24.3 Å². The molecule has 1 aromatic heterocycles. The zero-order chi connectivity index (χ0) is 17.1. The minimum absolute atomic E-state index is 0.338. The maximum atomic E-state index is 9.29. The average Bonchev–Trinajstić information content (AvgIpc) is 2.63. The Hall–Kier alpha value is -2.81. The highest BCUT2D eigenvalue weighted by molar-refractivity contribution is 5.60. The van der Waals surface area contributed by atoms with Gasteiger partial charge in [0.25, 0.3) is 0 Å². The third-order valence-electron chi connectivity index (χ3n) is 4.52. The van der Waals surface area contributed by atoms with E-state index in [2.05, 4.69) is 39.7 Å². The molecular formula is C18H22N6. The molecule has 2 heterocycles. The average molecular weight is 322 g/mol. The first-order valence-electron chi connectivity index (χ1n) is 8.26. The number of nitrogen functional groups attached to an aromatic ring is 1. The molecule has 0 aliphatic carbocycles. The predicted molar refractivity (Wildman–Crippen MR) is 96.1 cm³/mol. The van der Waals surface area contributed by atoms with Crippen molar-refractivity contribution in [2.75, 3.05) is 41.7 Å². The van der Waals surface area contributed by atoms with Crippen LogP contribution in [0, 0.1) is 18.3 Å². The van der Waals surface area contributed by atoms with Crippen LogP contribution in [0.25, 0.3) is 0 Å². The van der Waals surface area contributed by atoms with Gasteiger partial charge in [-0.3, -0.25) is 0 Å². The van der Waals surface area contributed by atoms with Crippen LogP contribution in [0.3, 0.4) is 0 Å². The van der Waals surface area contributed by atoms with Crippen LogP contribution in [0.2, 0.25) is 0 Å². The summed E-state index contributed by atoms with van der Waals surface area (Å²) in [5.74, 6) is 1.28. The van der Waals surface area contributed by atoms with Crippen molar-refractivity contribution in [3.05, 3.63) is 41.1 Å². The topological polar surface area (TPSA) is 82.1 Å². The van der Waals surface area contributed by atoms with Crippen molar-refractivity contribution in [1.82, 2.24) is 9.97 Å². The largest absolute Gasteiger partial charge is 0.368 e. The second-order valence-electron chi connectivity index (χ2n) is 5.93. The van der Waals surface area contributed by atoms with E-state index < -0.39 is 0 Å². The summed E-state index contributed by atoms with van der Waals surface area (Å²) in [5, 5.41) is 9.29. The molecular weight excluding hydrogens is 300 g/mol. The number of nitrogens with zero attached hydrogens (tertiary/aromatic N) is 5. The fourth-order valence-electron chi connectivity index (χ4n) is 3.22. The maximum Gasteiger partial charge on any atom is 0.222 e. The van der Waals surface area contributed by atoms with Crippen molar-refractivity contribution in [1.29, 1.82) is 5.26 Å². The zero-order valence-electron chi connectivity index (χ0n) is 14.2. The van der Waals surface area contributed by atoms with Crippen LogP contribution in [-0.4, -0.2) is 36.1 Å². The van der Waals surface area contributed by atoms with Crippen molar-refractivity contribution in [2.24, 2.45) is 0 Å². The summed E-state index contributed by atoms with van der Waals surface area (Å²) in [5.41, 5.74) is 9.72. The van der Waals surface area contributed by atoms with Crippen molar-refractivity contribution in [3.63, 3.8) is 0 Å². The number of benzene rings is 1.